The van der Waals surface area contributed by atoms with E-state index in [1.165, 1.54) is 10.9 Å². The normalized spacial score (nSPS) is 28.1. The van der Waals surface area contributed by atoms with Gasteiger partial charge in [0.15, 0.2) is 17.4 Å². The standard InChI is InChI=1S/C11H13N5O6/c12-11-14-8-5(9(20)15-11)13-2-16(8)10-7(19)6(18)4(22-10)1-21-3-17/h2-4,6-7,10,18-19H,1H2,(H3,12,14,15,20)/t4-,6-,7-,10-/m1/s1. The van der Waals surface area contributed by atoms with Crippen LogP contribution in [0.2, 0.25) is 0 Å². The molecule has 1 aliphatic rings. The van der Waals surface area contributed by atoms with Crippen molar-refractivity contribution >= 4 is 23.6 Å². The number of aliphatic hydroxyl groups is 2. The predicted molar refractivity (Wildman–Crippen MR) is 70.5 cm³/mol. The minimum absolute atomic E-state index is 0.0204. The lowest BCUT2D eigenvalue weighted by Gasteiger charge is -2.16. The van der Waals surface area contributed by atoms with Gasteiger partial charge in [-0.3, -0.25) is 19.1 Å². The molecule has 0 saturated carbocycles. The number of hydrogen-bond donors (Lipinski definition) is 4. The van der Waals surface area contributed by atoms with Crippen LogP contribution in [0.4, 0.5) is 5.95 Å². The lowest BCUT2D eigenvalue weighted by Crippen LogP contribution is -2.33. The summed E-state index contributed by atoms with van der Waals surface area (Å²) in [6, 6.07) is 0. The number of rotatable bonds is 4. The van der Waals surface area contributed by atoms with E-state index in [1.807, 2.05) is 0 Å². The highest BCUT2D eigenvalue weighted by atomic mass is 16.6. The summed E-state index contributed by atoms with van der Waals surface area (Å²) < 4.78 is 11.3. The van der Waals surface area contributed by atoms with Crippen LogP contribution in [-0.4, -0.2) is 61.1 Å². The maximum absolute atomic E-state index is 11.7. The van der Waals surface area contributed by atoms with Crippen molar-refractivity contribution < 1.29 is 24.5 Å². The summed E-state index contributed by atoms with van der Waals surface area (Å²) in [5.41, 5.74) is 5.08. The van der Waals surface area contributed by atoms with Crippen molar-refractivity contribution in [1.82, 2.24) is 19.5 Å². The number of ether oxygens (including phenoxy) is 2. The Labute approximate surface area is 122 Å². The van der Waals surface area contributed by atoms with E-state index < -0.39 is 30.1 Å². The summed E-state index contributed by atoms with van der Waals surface area (Å²) in [6.45, 7) is -0.00873. The van der Waals surface area contributed by atoms with Gasteiger partial charge in [-0.1, -0.05) is 0 Å². The number of anilines is 1. The summed E-state index contributed by atoms with van der Waals surface area (Å²) in [6.07, 6.45) is -3.31. The fourth-order valence-electron chi connectivity index (χ4n) is 2.36. The Kier molecular flexibility index (Phi) is 3.52. The Morgan fingerprint density at radius 2 is 2.27 bits per heavy atom. The zero-order valence-corrected chi connectivity index (χ0v) is 11.1. The van der Waals surface area contributed by atoms with Gasteiger partial charge in [0.1, 0.15) is 24.9 Å². The Bertz CT molecular complexity index is 757. The molecule has 3 rings (SSSR count). The van der Waals surface area contributed by atoms with E-state index in [0.717, 1.165) is 0 Å². The van der Waals surface area contributed by atoms with Gasteiger partial charge in [-0.25, -0.2) is 4.98 Å². The quantitative estimate of drug-likeness (QED) is 0.446. The van der Waals surface area contributed by atoms with Gasteiger partial charge in [-0.2, -0.15) is 4.98 Å². The van der Waals surface area contributed by atoms with Crippen LogP contribution in [-0.2, 0) is 14.3 Å². The molecule has 4 atom stereocenters. The molecule has 0 amide bonds. The molecular formula is C11H13N5O6. The fraction of sp³-hybridized carbons (Fsp3) is 0.455. The number of carbonyl (C=O) groups excluding carboxylic acids is 1. The van der Waals surface area contributed by atoms with Crippen LogP contribution >= 0.6 is 0 Å². The first-order chi connectivity index (χ1) is 10.5. The van der Waals surface area contributed by atoms with Crippen LogP contribution in [0.15, 0.2) is 11.1 Å². The number of hydrogen-bond acceptors (Lipinski definition) is 9. The summed E-state index contributed by atoms with van der Waals surface area (Å²) in [4.78, 5) is 32.1. The average Bonchev–Trinajstić information content (AvgIpc) is 3.00. The number of nitrogens with zero attached hydrogens (tertiary/aromatic N) is 3. The van der Waals surface area contributed by atoms with Crippen molar-refractivity contribution in [2.24, 2.45) is 0 Å². The number of nitrogens with two attached hydrogens (primary N) is 1. The highest BCUT2D eigenvalue weighted by molar-refractivity contribution is 5.70. The molecule has 118 valence electrons. The molecule has 11 nitrogen and oxygen atoms in total. The fourth-order valence-corrected chi connectivity index (χ4v) is 2.36. The van der Waals surface area contributed by atoms with Crippen molar-refractivity contribution in [3.05, 3.63) is 16.7 Å². The molecule has 1 saturated heterocycles. The van der Waals surface area contributed by atoms with E-state index in [0.29, 0.717) is 0 Å². The number of H-pyrrole nitrogens is 1. The molecule has 5 N–H and O–H groups in total. The molecule has 0 radical (unpaired) electrons. The van der Waals surface area contributed by atoms with Crippen molar-refractivity contribution in [3.63, 3.8) is 0 Å². The van der Waals surface area contributed by atoms with Crippen LogP contribution in [0.25, 0.3) is 11.2 Å². The van der Waals surface area contributed by atoms with E-state index in [2.05, 4.69) is 19.7 Å². The largest absolute Gasteiger partial charge is 0.465 e. The zero-order chi connectivity index (χ0) is 15.9. The van der Waals surface area contributed by atoms with Crippen LogP contribution in [0, 0.1) is 0 Å². The Morgan fingerprint density at radius 1 is 1.50 bits per heavy atom. The van der Waals surface area contributed by atoms with Crippen molar-refractivity contribution in [2.45, 2.75) is 24.5 Å². The second-order valence-corrected chi connectivity index (χ2v) is 4.75. The second-order valence-electron chi connectivity index (χ2n) is 4.75. The molecule has 2 aromatic heterocycles. The highest BCUT2D eigenvalue weighted by Crippen LogP contribution is 2.31. The van der Waals surface area contributed by atoms with E-state index in [1.54, 1.807) is 0 Å². The Hall–Kier alpha value is -2.50. The van der Waals surface area contributed by atoms with E-state index in [-0.39, 0.29) is 30.2 Å². The van der Waals surface area contributed by atoms with Gasteiger partial charge in [-0.15, -0.1) is 0 Å². The summed E-state index contributed by atoms with van der Waals surface area (Å²) in [7, 11) is 0. The monoisotopic (exact) mass is 311 g/mol. The molecule has 2 aromatic rings. The number of carbonyl (C=O) groups is 1. The number of aliphatic hydroxyl groups excluding tert-OH is 2. The second kappa shape index (κ2) is 5.36. The van der Waals surface area contributed by atoms with Gasteiger partial charge in [0.05, 0.1) is 6.33 Å². The van der Waals surface area contributed by atoms with Gasteiger partial charge >= 0.3 is 0 Å². The number of aromatic amines is 1. The van der Waals surface area contributed by atoms with Gasteiger partial charge in [0, 0.05) is 0 Å². The lowest BCUT2D eigenvalue weighted by atomic mass is 10.1. The number of fused-ring (bicyclic) bond motifs is 1. The van der Waals surface area contributed by atoms with Gasteiger partial charge < -0.3 is 25.4 Å². The third kappa shape index (κ3) is 2.20. The molecule has 3 heterocycles. The van der Waals surface area contributed by atoms with Gasteiger partial charge in [-0.05, 0) is 0 Å². The summed E-state index contributed by atoms with van der Waals surface area (Å²) in [5.74, 6) is -0.117. The SMILES string of the molecule is Nc1nc2c(ncn2[C@@H]2O[C@H](COC=O)[C@@H](O)[C@H]2O)c(=O)[nH]1. The zero-order valence-electron chi connectivity index (χ0n) is 11.1. The predicted octanol–water partition coefficient (Wildman–Crippen LogP) is -2.51. The van der Waals surface area contributed by atoms with Crippen molar-refractivity contribution in [3.8, 4) is 0 Å². The third-order valence-corrected chi connectivity index (χ3v) is 3.39. The minimum Gasteiger partial charge on any atom is -0.465 e. The molecule has 0 unspecified atom stereocenters. The maximum atomic E-state index is 11.7. The molecule has 0 spiro atoms. The maximum Gasteiger partial charge on any atom is 0.293 e. The number of aromatic nitrogens is 4. The molecule has 1 fully saturated rings. The van der Waals surface area contributed by atoms with E-state index in [4.69, 9.17) is 10.5 Å². The molecule has 0 aromatic carbocycles. The van der Waals surface area contributed by atoms with Gasteiger partial charge in [0.25, 0.3) is 12.0 Å². The number of imidazole rings is 1. The number of nitrogens with one attached hydrogen (secondary N) is 1. The van der Waals surface area contributed by atoms with E-state index in [9.17, 15) is 19.8 Å². The third-order valence-electron chi connectivity index (χ3n) is 3.39. The summed E-state index contributed by atoms with van der Waals surface area (Å²) in [5, 5.41) is 20.0. The van der Waals surface area contributed by atoms with E-state index >= 15 is 0 Å². The highest BCUT2D eigenvalue weighted by Gasteiger charge is 2.44. The molecule has 1 aliphatic heterocycles. The molecule has 0 aliphatic carbocycles. The van der Waals surface area contributed by atoms with Crippen molar-refractivity contribution in [2.75, 3.05) is 12.3 Å². The van der Waals surface area contributed by atoms with Gasteiger partial charge in [0.2, 0.25) is 5.95 Å². The first kappa shape index (κ1) is 14.4. The van der Waals surface area contributed by atoms with Crippen LogP contribution in [0.1, 0.15) is 6.23 Å². The molecule has 0 bridgehead atoms. The lowest BCUT2D eigenvalue weighted by molar-refractivity contribution is -0.135. The first-order valence-corrected chi connectivity index (χ1v) is 6.32. The Morgan fingerprint density at radius 3 is 3.00 bits per heavy atom. The minimum atomic E-state index is -1.32. The first-order valence-electron chi connectivity index (χ1n) is 6.32. The molecule has 22 heavy (non-hydrogen) atoms. The molecular weight excluding hydrogens is 298 g/mol. The Balaban J connectivity index is 1.97. The molecule has 11 heteroatoms. The smallest absolute Gasteiger partial charge is 0.293 e. The summed E-state index contributed by atoms with van der Waals surface area (Å²) >= 11 is 0. The van der Waals surface area contributed by atoms with Crippen molar-refractivity contribution in [1.29, 1.82) is 0 Å². The average molecular weight is 311 g/mol. The van der Waals surface area contributed by atoms with Crippen LogP contribution in [0.5, 0.6) is 0 Å². The van der Waals surface area contributed by atoms with Crippen LogP contribution < -0.4 is 11.3 Å². The topological polar surface area (TPSA) is 166 Å². The number of nitrogen functional groups attached to an aromatic ring is 1. The van der Waals surface area contributed by atoms with Crippen LogP contribution in [0.3, 0.4) is 0 Å².